The van der Waals surface area contributed by atoms with Crippen molar-refractivity contribution >= 4 is 33.2 Å². The van der Waals surface area contributed by atoms with E-state index in [-0.39, 0.29) is 18.3 Å². The predicted molar refractivity (Wildman–Crippen MR) is 95.6 cm³/mol. The van der Waals surface area contributed by atoms with Crippen LogP contribution in [0.3, 0.4) is 0 Å². The van der Waals surface area contributed by atoms with Gasteiger partial charge in [0, 0.05) is 6.04 Å². The molecule has 1 aromatic heterocycles. The molecule has 1 aromatic carbocycles. The van der Waals surface area contributed by atoms with Crippen LogP contribution in [0.1, 0.15) is 37.0 Å². The van der Waals surface area contributed by atoms with Crippen molar-refractivity contribution in [1.82, 2.24) is 4.31 Å². The zero-order valence-corrected chi connectivity index (χ0v) is 15.4. The number of hydrogen-bond acceptors (Lipinski definition) is 3. The van der Waals surface area contributed by atoms with E-state index in [0.29, 0.717) is 21.4 Å². The van der Waals surface area contributed by atoms with Gasteiger partial charge in [-0.25, -0.2) is 8.42 Å². The highest BCUT2D eigenvalue weighted by Gasteiger charge is 2.32. The van der Waals surface area contributed by atoms with Crippen LogP contribution in [0.25, 0.3) is 0 Å². The zero-order chi connectivity index (χ0) is 17.2. The smallest absolute Gasteiger partial charge is 0.218 e. The Hall–Kier alpha value is -1.01. The molecule has 0 unspecified atom stereocenters. The fourth-order valence-electron chi connectivity index (χ4n) is 3.13. The second kappa shape index (κ2) is 7.48. The summed E-state index contributed by atoms with van der Waals surface area (Å²) < 4.78 is 33.0. The van der Waals surface area contributed by atoms with Crippen molar-refractivity contribution in [2.75, 3.05) is 0 Å². The molecule has 0 atom stereocenters. The molecule has 1 saturated carbocycles. The van der Waals surface area contributed by atoms with Crippen molar-refractivity contribution in [3.63, 3.8) is 0 Å². The molecule has 0 amide bonds. The predicted octanol–water partition coefficient (Wildman–Crippen LogP) is 4.86. The molecular formula is C17H19Cl2NO3S. The lowest BCUT2D eigenvalue weighted by Crippen LogP contribution is -2.38. The number of nitrogens with zero attached hydrogens (tertiary/aromatic N) is 1. The quantitative estimate of drug-likeness (QED) is 0.710. The van der Waals surface area contributed by atoms with Gasteiger partial charge in [0.05, 0.1) is 28.6 Å². The maximum absolute atomic E-state index is 13.0. The summed E-state index contributed by atoms with van der Waals surface area (Å²) in [5.41, 5.74) is 0.631. The van der Waals surface area contributed by atoms with E-state index in [2.05, 4.69) is 0 Å². The summed E-state index contributed by atoms with van der Waals surface area (Å²) in [6.07, 6.45) is 5.46. The average Bonchev–Trinajstić information content (AvgIpc) is 3.21. The summed E-state index contributed by atoms with van der Waals surface area (Å²) in [6.45, 7) is 0.265. The summed E-state index contributed by atoms with van der Waals surface area (Å²) in [5.74, 6) is 0.556. The molecule has 1 aliphatic rings. The maximum Gasteiger partial charge on any atom is 0.218 e. The minimum absolute atomic E-state index is 0.0304. The second-order valence-electron chi connectivity index (χ2n) is 6.07. The van der Waals surface area contributed by atoms with E-state index >= 15 is 0 Å². The number of furan rings is 1. The SMILES string of the molecule is O=S(=O)(Cc1ccc(Cl)c(Cl)c1)N(Cc1ccco1)C1CCCC1. The third-order valence-electron chi connectivity index (χ3n) is 4.31. The van der Waals surface area contributed by atoms with Gasteiger partial charge >= 0.3 is 0 Å². The molecule has 3 rings (SSSR count). The Morgan fingerprint density at radius 1 is 1.12 bits per heavy atom. The van der Waals surface area contributed by atoms with Gasteiger partial charge in [0.25, 0.3) is 0 Å². The number of halogens is 2. The fourth-order valence-corrected chi connectivity index (χ4v) is 5.20. The van der Waals surface area contributed by atoms with Crippen LogP contribution >= 0.6 is 23.2 Å². The van der Waals surface area contributed by atoms with Gasteiger partial charge in [-0.1, -0.05) is 42.1 Å². The topological polar surface area (TPSA) is 50.5 Å². The Morgan fingerprint density at radius 3 is 2.50 bits per heavy atom. The molecule has 0 aliphatic heterocycles. The summed E-state index contributed by atoms with van der Waals surface area (Å²) in [4.78, 5) is 0. The molecular weight excluding hydrogens is 369 g/mol. The van der Waals surface area contributed by atoms with E-state index < -0.39 is 10.0 Å². The molecule has 4 nitrogen and oxygen atoms in total. The molecule has 1 heterocycles. The van der Waals surface area contributed by atoms with Crippen molar-refractivity contribution in [3.8, 4) is 0 Å². The molecule has 1 aliphatic carbocycles. The first-order valence-corrected chi connectivity index (χ1v) is 10.3. The van der Waals surface area contributed by atoms with E-state index in [1.807, 2.05) is 0 Å². The molecule has 2 aromatic rings. The van der Waals surface area contributed by atoms with Gasteiger partial charge in [-0.3, -0.25) is 0 Å². The van der Waals surface area contributed by atoms with Crippen molar-refractivity contribution in [3.05, 3.63) is 58.0 Å². The van der Waals surface area contributed by atoms with Gasteiger partial charge in [0.15, 0.2) is 0 Å². The average molecular weight is 388 g/mol. The molecule has 1 fully saturated rings. The number of hydrogen-bond donors (Lipinski definition) is 0. The van der Waals surface area contributed by atoms with Crippen molar-refractivity contribution in [1.29, 1.82) is 0 Å². The maximum atomic E-state index is 13.0. The highest BCUT2D eigenvalue weighted by Crippen LogP contribution is 2.30. The van der Waals surface area contributed by atoms with Crippen molar-refractivity contribution in [2.45, 2.75) is 44.0 Å². The molecule has 0 spiro atoms. The zero-order valence-electron chi connectivity index (χ0n) is 13.1. The van der Waals surface area contributed by atoms with E-state index in [1.54, 1.807) is 40.9 Å². The minimum Gasteiger partial charge on any atom is -0.468 e. The Labute approximate surface area is 152 Å². The largest absolute Gasteiger partial charge is 0.468 e. The number of rotatable bonds is 6. The highest BCUT2D eigenvalue weighted by molar-refractivity contribution is 7.88. The van der Waals surface area contributed by atoms with Crippen molar-refractivity contribution in [2.24, 2.45) is 0 Å². The molecule has 24 heavy (non-hydrogen) atoms. The molecule has 0 radical (unpaired) electrons. The van der Waals surface area contributed by atoms with Gasteiger partial charge in [-0.2, -0.15) is 4.31 Å². The van der Waals surface area contributed by atoms with Crippen LogP contribution in [-0.4, -0.2) is 18.8 Å². The molecule has 0 N–H and O–H groups in total. The first-order chi connectivity index (χ1) is 11.5. The summed E-state index contributed by atoms with van der Waals surface area (Å²) in [5, 5.41) is 0.781. The minimum atomic E-state index is -3.49. The van der Waals surface area contributed by atoms with E-state index in [0.717, 1.165) is 25.7 Å². The van der Waals surface area contributed by atoms with Crippen LogP contribution in [0.2, 0.25) is 10.0 Å². The third-order valence-corrected chi connectivity index (χ3v) is 6.89. The molecule has 0 saturated heterocycles. The standard InChI is InChI=1S/C17H19Cl2NO3S/c18-16-8-7-13(10-17(16)19)12-24(21,22)20(14-4-1-2-5-14)11-15-6-3-9-23-15/h3,6-10,14H,1-2,4-5,11-12H2. The molecule has 7 heteroatoms. The first-order valence-electron chi connectivity index (χ1n) is 7.91. The summed E-state index contributed by atoms with van der Waals surface area (Å²) >= 11 is 11.9. The second-order valence-corrected chi connectivity index (χ2v) is 8.80. The Bertz CT molecular complexity index is 784. The Morgan fingerprint density at radius 2 is 1.88 bits per heavy atom. The fraction of sp³-hybridized carbons (Fsp3) is 0.412. The van der Waals surface area contributed by atoms with E-state index in [1.165, 1.54) is 0 Å². The summed E-state index contributed by atoms with van der Waals surface area (Å²) in [7, 11) is -3.49. The molecule has 0 bridgehead atoms. The normalized spacial score (nSPS) is 16.1. The van der Waals surface area contributed by atoms with Crippen LogP contribution in [0, 0.1) is 0 Å². The lowest BCUT2D eigenvalue weighted by molar-refractivity contribution is 0.291. The van der Waals surface area contributed by atoms with E-state index in [9.17, 15) is 8.42 Å². The van der Waals surface area contributed by atoms with Gasteiger partial charge in [-0.15, -0.1) is 0 Å². The van der Waals surface area contributed by atoms with Crippen LogP contribution in [0.5, 0.6) is 0 Å². The van der Waals surface area contributed by atoms with E-state index in [4.69, 9.17) is 27.6 Å². The lowest BCUT2D eigenvalue weighted by Gasteiger charge is -2.27. The van der Waals surface area contributed by atoms with Gasteiger partial charge in [0.1, 0.15) is 5.76 Å². The van der Waals surface area contributed by atoms with Crippen LogP contribution in [-0.2, 0) is 22.3 Å². The number of sulfonamides is 1. The van der Waals surface area contributed by atoms with Crippen molar-refractivity contribution < 1.29 is 12.8 Å². The molecule has 130 valence electrons. The Kier molecular flexibility index (Phi) is 5.55. The van der Waals surface area contributed by atoms with Gasteiger partial charge in [-0.05, 0) is 42.7 Å². The van der Waals surface area contributed by atoms with Crippen LogP contribution < -0.4 is 0 Å². The number of benzene rings is 1. The third kappa shape index (κ3) is 4.14. The van der Waals surface area contributed by atoms with Crippen LogP contribution in [0.15, 0.2) is 41.0 Å². The Balaban J connectivity index is 1.85. The highest BCUT2D eigenvalue weighted by atomic mass is 35.5. The summed E-state index contributed by atoms with van der Waals surface area (Å²) in [6, 6.07) is 8.54. The first kappa shape index (κ1) is 17.8. The van der Waals surface area contributed by atoms with Crippen LogP contribution in [0.4, 0.5) is 0 Å². The van der Waals surface area contributed by atoms with Gasteiger partial charge < -0.3 is 4.42 Å². The van der Waals surface area contributed by atoms with Gasteiger partial charge in [0.2, 0.25) is 10.0 Å². The lowest BCUT2D eigenvalue weighted by atomic mass is 10.2. The monoisotopic (exact) mass is 387 g/mol.